The minimum atomic E-state index is -2.18. The molecule has 10 nitrogen and oxygen atoms in total. The van der Waals surface area contributed by atoms with Gasteiger partial charge in [0.25, 0.3) is 5.91 Å². The maximum Gasteiger partial charge on any atom is 0.349 e. The van der Waals surface area contributed by atoms with Crippen LogP contribution in [0.1, 0.15) is 20.7 Å². The SMILES string of the molecule is COc1cccc(C(=O)O[C@H](C(=O)Nc2ccccc2Br)[C@@H](OC(=O)c2cccc(OC)c2)C(=O)O)c1. The molecule has 0 aliphatic rings. The zero-order chi connectivity index (χ0) is 26.9. The van der Waals surface area contributed by atoms with Crippen LogP contribution in [0, 0.1) is 0 Å². The van der Waals surface area contributed by atoms with E-state index in [1.54, 1.807) is 36.4 Å². The van der Waals surface area contributed by atoms with E-state index in [0.717, 1.165) is 0 Å². The van der Waals surface area contributed by atoms with Crippen molar-refractivity contribution in [2.45, 2.75) is 12.2 Å². The molecule has 3 aromatic carbocycles. The normalized spacial score (nSPS) is 12.0. The second-order valence-electron chi connectivity index (χ2n) is 7.42. The number of para-hydroxylation sites is 1. The highest BCUT2D eigenvalue weighted by molar-refractivity contribution is 9.10. The number of nitrogens with one attached hydrogen (secondary N) is 1. The maximum absolute atomic E-state index is 13.2. The quantitative estimate of drug-likeness (QED) is 0.346. The van der Waals surface area contributed by atoms with Gasteiger partial charge in [0.2, 0.25) is 12.2 Å². The summed E-state index contributed by atoms with van der Waals surface area (Å²) in [5.41, 5.74) is 0.231. The van der Waals surface area contributed by atoms with E-state index in [2.05, 4.69) is 21.2 Å². The van der Waals surface area contributed by atoms with Crippen LogP contribution in [0.25, 0.3) is 0 Å². The molecule has 0 aromatic heterocycles. The third-order valence-corrected chi connectivity index (χ3v) is 5.68. The highest BCUT2D eigenvalue weighted by Crippen LogP contribution is 2.23. The Balaban J connectivity index is 1.94. The van der Waals surface area contributed by atoms with E-state index < -0.39 is 36.0 Å². The highest BCUT2D eigenvalue weighted by atomic mass is 79.9. The summed E-state index contributed by atoms with van der Waals surface area (Å²) < 4.78 is 21.1. The van der Waals surface area contributed by atoms with Gasteiger partial charge in [-0.05, 0) is 64.5 Å². The molecule has 0 aliphatic carbocycles. The van der Waals surface area contributed by atoms with Crippen molar-refractivity contribution in [1.29, 1.82) is 0 Å². The van der Waals surface area contributed by atoms with Crippen LogP contribution in [-0.2, 0) is 19.1 Å². The van der Waals surface area contributed by atoms with Crippen molar-refractivity contribution in [2.75, 3.05) is 19.5 Å². The minimum absolute atomic E-state index is 0.0127. The summed E-state index contributed by atoms with van der Waals surface area (Å²) in [6.45, 7) is 0. The van der Waals surface area contributed by atoms with E-state index >= 15 is 0 Å². The largest absolute Gasteiger partial charge is 0.497 e. The van der Waals surface area contributed by atoms with Crippen molar-refractivity contribution in [3.8, 4) is 11.5 Å². The number of hydrogen-bond acceptors (Lipinski definition) is 8. The van der Waals surface area contributed by atoms with E-state index in [4.69, 9.17) is 18.9 Å². The van der Waals surface area contributed by atoms with Crippen LogP contribution in [0.15, 0.2) is 77.3 Å². The number of carbonyl (C=O) groups is 4. The van der Waals surface area contributed by atoms with Crippen molar-refractivity contribution < 1.29 is 43.2 Å². The van der Waals surface area contributed by atoms with Gasteiger partial charge in [-0.15, -0.1) is 0 Å². The summed E-state index contributed by atoms with van der Waals surface area (Å²) in [5, 5.41) is 12.4. The highest BCUT2D eigenvalue weighted by Gasteiger charge is 2.41. The monoisotopic (exact) mass is 571 g/mol. The molecule has 2 atom stereocenters. The van der Waals surface area contributed by atoms with E-state index in [0.29, 0.717) is 16.0 Å². The Kier molecular flexibility index (Phi) is 9.22. The zero-order valence-electron chi connectivity index (χ0n) is 19.7. The summed E-state index contributed by atoms with van der Waals surface area (Å²) in [6.07, 6.45) is -4.24. The molecular weight excluding hydrogens is 550 g/mol. The lowest BCUT2D eigenvalue weighted by molar-refractivity contribution is -0.157. The van der Waals surface area contributed by atoms with Gasteiger partial charge in [-0.2, -0.15) is 0 Å². The predicted molar refractivity (Wildman–Crippen MR) is 135 cm³/mol. The summed E-state index contributed by atoms with van der Waals surface area (Å²) in [4.78, 5) is 51.0. The molecule has 0 fully saturated rings. The van der Waals surface area contributed by atoms with Gasteiger partial charge in [-0.25, -0.2) is 14.4 Å². The smallest absolute Gasteiger partial charge is 0.349 e. The molecule has 0 unspecified atom stereocenters. The van der Waals surface area contributed by atoms with Crippen LogP contribution in [0.3, 0.4) is 0 Å². The van der Waals surface area contributed by atoms with Crippen LogP contribution >= 0.6 is 15.9 Å². The number of esters is 2. The number of ether oxygens (including phenoxy) is 4. The zero-order valence-corrected chi connectivity index (χ0v) is 21.3. The first-order valence-corrected chi connectivity index (χ1v) is 11.5. The number of rotatable bonds is 10. The number of benzene rings is 3. The third-order valence-electron chi connectivity index (χ3n) is 4.99. The predicted octanol–water partition coefficient (Wildman–Crippen LogP) is 3.94. The first-order valence-electron chi connectivity index (χ1n) is 10.7. The molecule has 0 saturated carbocycles. The number of amides is 1. The lowest BCUT2D eigenvalue weighted by Crippen LogP contribution is -2.48. The van der Waals surface area contributed by atoms with Gasteiger partial charge < -0.3 is 29.4 Å². The molecule has 11 heteroatoms. The molecule has 0 spiro atoms. The number of carboxylic acids is 1. The first-order chi connectivity index (χ1) is 17.7. The Hall–Kier alpha value is -4.38. The lowest BCUT2D eigenvalue weighted by Gasteiger charge is -2.24. The molecule has 3 aromatic rings. The van der Waals surface area contributed by atoms with Gasteiger partial charge in [0, 0.05) is 4.47 Å². The van der Waals surface area contributed by atoms with Crippen molar-refractivity contribution in [2.24, 2.45) is 0 Å². The van der Waals surface area contributed by atoms with E-state index in [1.165, 1.54) is 50.6 Å². The van der Waals surface area contributed by atoms with Crippen LogP contribution < -0.4 is 14.8 Å². The molecule has 0 aliphatic heterocycles. The van der Waals surface area contributed by atoms with Crippen LogP contribution in [0.2, 0.25) is 0 Å². The number of carboxylic acid groups (broad SMARTS) is 1. The Labute approximate surface area is 220 Å². The van der Waals surface area contributed by atoms with E-state index in [-0.39, 0.29) is 16.8 Å². The van der Waals surface area contributed by atoms with Gasteiger partial charge >= 0.3 is 17.9 Å². The average Bonchev–Trinajstić information content (AvgIpc) is 2.91. The minimum Gasteiger partial charge on any atom is -0.497 e. The van der Waals surface area contributed by atoms with Crippen LogP contribution in [-0.4, -0.2) is 55.3 Å². The summed E-state index contributed by atoms with van der Waals surface area (Å²) in [7, 11) is 2.79. The molecular formula is C26H22BrNO9. The van der Waals surface area contributed by atoms with Gasteiger partial charge in [-0.1, -0.05) is 24.3 Å². The molecule has 0 radical (unpaired) electrons. The van der Waals surface area contributed by atoms with Gasteiger partial charge in [0.1, 0.15) is 11.5 Å². The molecule has 192 valence electrons. The van der Waals surface area contributed by atoms with Gasteiger partial charge in [-0.3, -0.25) is 4.79 Å². The van der Waals surface area contributed by atoms with Gasteiger partial charge in [0.05, 0.1) is 31.0 Å². The lowest BCUT2D eigenvalue weighted by atomic mass is 10.1. The number of aliphatic carboxylic acids is 1. The second kappa shape index (κ2) is 12.5. The third kappa shape index (κ3) is 7.07. The molecule has 3 rings (SSSR count). The number of carbonyl (C=O) groups excluding carboxylic acids is 3. The number of methoxy groups -OCH3 is 2. The van der Waals surface area contributed by atoms with Crippen molar-refractivity contribution in [3.63, 3.8) is 0 Å². The Bertz CT molecular complexity index is 1310. The first kappa shape index (κ1) is 27.2. The van der Waals surface area contributed by atoms with Crippen LogP contribution in [0.4, 0.5) is 5.69 Å². The number of hydrogen-bond donors (Lipinski definition) is 2. The van der Waals surface area contributed by atoms with Crippen molar-refractivity contribution >= 4 is 45.4 Å². The molecule has 0 heterocycles. The molecule has 0 saturated heterocycles. The van der Waals surface area contributed by atoms with Crippen molar-refractivity contribution in [1.82, 2.24) is 0 Å². The second-order valence-corrected chi connectivity index (χ2v) is 8.28. The Morgan fingerprint density at radius 1 is 0.757 bits per heavy atom. The van der Waals surface area contributed by atoms with Crippen molar-refractivity contribution in [3.05, 3.63) is 88.4 Å². The number of anilines is 1. The van der Waals surface area contributed by atoms with Gasteiger partial charge in [0.15, 0.2) is 0 Å². The fraction of sp³-hybridized carbons (Fsp3) is 0.154. The molecule has 0 bridgehead atoms. The van der Waals surface area contributed by atoms with E-state index in [1.807, 2.05) is 0 Å². The Morgan fingerprint density at radius 3 is 1.76 bits per heavy atom. The average molecular weight is 572 g/mol. The summed E-state index contributed by atoms with van der Waals surface area (Å²) >= 11 is 3.28. The summed E-state index contributed by atoms with van der Waals surface area (Å²) in [5.74, 6) is -4.18. The standard InChI is InChI=1S/C26H22BrNO9/c1-34-17-9-5-7-15(13-17)25(32)36-21(23(29)28-20-12-4-3-11-19(20)27)22(24(30)31)37-26(33)16-8-6-10-18(14-16)35-2/h3-14,21-22H,1-2H3,(H,28,29)(H,30,31)/t21-,22+/m0/s1. The maximum atomic E-state index is 13.2. The Morgan fingerprint density at radius 2 is 1.27 bits per heavy atom. The summed E-state index contributed by atoms with van der Waals surface area (Å²) in [6, 6.07) is 18.2. The fourth-order valence-corrected chi connectivity index (χ4v) is 3.51. The number of halogens is 1. The molecule has 37 heavy (non-hydrogen) atoms. The van der Waals surface area contributed by atoms with Crippen LogP contribution in [0.5, 0.6) is 11.5 Å². The fourth-order valence-electron chi connectivity index (χ4n) is 3.13. The molecule has 2 N–H and O–H groups in total. The van der Waals surface area contributed by atoms with E-state index in [9.17, 15) is 24.3 Å². The molecule has 1 amide bonds. The topological polar surface area (TPSA) is 137 Å².